The van der Waals surface area contributed by atoms with Crippen LogP contribution in [0.25, 0.3) is 0 Å². The Hall–Kier alpha value is -0.800. The Kier molecular flexibility index (Phi) is 2.99. The van der Waals surface area contributed by atoms with Gasteiger partial charge < -0.3 is 9.25 Å². The summed E-state index contributed by atoms with van der Waals surface area (Å²) in [5.74, 6) is 5.82. The Morgan fingerprint density at radius 2 is 2.50 bits per heavy atom. The Labute approximate surface area is 59.7 Å². The molecule has 10 heavy (non-hydrogen) atoms. The average Bonchev–Trinajstić information content (AvgIpc) is 2.41. The molecule has 1 rings (SSSR count). The lowest BCUT2D eigenvalue weighted by Gasteiger charge is -1.94. The Morgan fingerprint density at radius 1 is 1.60 bits per heavy atom. The molecule has 3 nitrogen and oxygen atoms in total. The molecule has 1 aromatic rings. The lowest BCUT2D eigenvalue weighted by molar-refractivity contribution is 0.134. The number of aryl methyl sites for hydroxylation is 1. The van der Waals surface area contributed by atoms with Crippen LogP contribution in [-0.4, -0.2) is 6.61 Å². The molecule has 0 unspecified atom stereocenters. The Balaban J connectivity index is 2.15. The summed E-state index contributed by atoms with van der Waals surface area (Å²) in [7, 11) is 0. The molecule has 1 heterocycles. The summed E-state index contributed by atoms with van der Waals surface area (Å²) >= 11 is 0. The molecule has 0 aromatic carbocycles. The minimum Gasteiger partial charge on any atom is -0.469 e. The molecule has 0 saturated heterocycles. The van der Waals surface area contributed by atoms with Gasteiger partial charge in [-0.05, 0) is 18.6 Å². The zero-order valence-electron chi connectivity index (χ0n) is 5.75. The van der Waals surface area contributed by atoms with Gasteiger partial charge in [-0.3, -0.25) is 0 Å². The summed E-state index contributed by atoms with van der Waals surface area (Å²) in [6.07, 6.45) is 3.47. The van der Waals surface area contributed by atoms with E-state index in [1.54, 1.807) is 6.26 Å². The van der Waals surface area contributed by atoms with Gasteiger partial charge in [-0.15, -0.1) is 0 Å². The maximum Gasteiger partial charge on any atom is 0.103 e. The lowest BCUT2D eigenvalue weighted by atomic mass is 10.3. The van der Waals surface area contributed by atoms with Crippen LogP contribution in [0.1, 0.15) is 12.2 Å². The molecule has 0 aliphatic rings. The molecule has 2 N–H and O–H groups in total. The van der Waals surface area contributed by atoms with Crippen molar-refractivity contribution in [3.63, 3.8) is 0 Å². The highest BCUT2D eigenvalue weighted by atomic mass is 16.6. The van der Waals surface area contributed by atoms with Crippen molar-refractivity contribution in [2.75, 3.05) is 6.61 Å². The zero-order valence-corrected chi connectivity index (χ0v) is 5.75. The fraction of sp³-hybridized carbons (Fsp3) is 0.429. The standard InChI is InChI=1S/C7H11NO2/c8-10-6-2-4-7-3-1-5-9-7/h1,3,5H,2,4,6,8H2. The lowest BCUT2D eigenvalue weighted by Crippen LogP contribution is -2.01. The number of rotatable bonds is 4. The first-order valence-electron chi connectivity index (χ1n) is 3.27. The maximum absolute atomic E-state index is 5.08. The second kappa shape index (κ2) is 4.09. The minimum absolute atomic E-state index is 0.584. The van der Waals surface area contributed by atoms with Crippen molar-refractivity contribution in [3.05, 3.63) is 24.2 Å². The summed E-state index contributed by atoms with van der Waals surface area (Å²) in [5, 5.41) is 0. The molecule has 1 aromatic heterocycles. The fourth-order valence-corrected chi connectivity index (χ4v) is 0.785. The summed E-state index contributed by atoms with van der Waals surface area (Å²) < 4.78 is 5.08. The Morgan fingerprint density at radius 3 is 3.10 bits per heavy atom. The van der Waals surface area contributed by atoms with E-state index in [0.717, 1.165) is 18.6 Å². The topological polar surface area (TPSA) is 48.4 Å². The molecular formula is C7H11NO2. The predicted molar refractivity (Wildman–Crippen MR) is 37.2 cm³/mol. The number of nitrogens with two attached hydrogens (primary N) is 1. The van der Waals surface area contributed by atoms with Crippen LogP contribution in [0.2, 0.25) is 0 Å². The van der Waals surface area contributed by atoms with Gasteiger partial charge in [0, 0.05) is 6.42 Å². The van der Waals surface area contributed by atoms with Gasteiger partial charge in [0.25, 0.3) is 0 Å². The first-order chi connectivity index (χ1) is 4.93. The van der Waals surface area contributed by atoms with Gasteiger partial charge in [0.2, 0.25) is 0 Å². The molecule has 0 spiro atoms. The fourth-order valence-electron chi connectivity index (χ4n) is 0.785. The van der Waals surface area contributed by atoms with Crippen LogP contribution in [0.15, 0.2) is 22.8 Å². The molecular weight excluding hydrogens is 130 g/mol. The summed E-state index contributed by atoms with van der Waals surface area (Å²) in [6, 6.07) is 3.81. The highest BCUT2D eigenvalue weighted by Crippen LogP contribution is 2.02. The summed E-state index contributed by atoms with van der Waals surface area (Å²) in [5.41, 5.74) is 0. The quantitative estimate of drug-likeness (QED) is 0.504. The van der Waals surface area contributed by atoms with E-state index >= 15 is 0 Å². The van der Waals surface area contributed by atoms with Crippen molar-refractivity contribution in [2.24, 2.45) is 5.90 Å². The van der Waals surface area contributed by atoms with Gasteiger partial charge in [-0.1, -0.05) is 0 Å². The van der Waals surface area contributed by atoms with E-state index in [9.17, 15) is 0 Å². The molecule has 0 radical (unpaired) electrons. The van der Waals surface area contributed by atoms with Crippen molar-refractivity contribution in [2.45, 2.75) is 12.8 Å². The van der Waals surface area contributed by atoms with Crippen molar-refractivity contribution in [3.8, 4) is 0 Å². The van der Waals surface area contributed by atoms with Crippen molar-refractivity contribution >= 4 is 0 Å². The zero-order chi connectivity index (χ0) is 7.23. The van der Waals surface area contributed by atoms with Crippen LogP contribution in [-0.2, 0) is 11.3 Å². The second-order valence-electron chi connectivity index (χ2n) is 2.05. The second-order valence-corrected chi connectivity index (χ2v) is 2.05. The average molecular weight is 141 g/mol. The highest BCUT2D eigenvalue weighted by molar-refractivity contribution is 4.97. The van der Waals surface area contributed by atoms with E-state index in [-0.39, 0.29) is 0 Å². The SMILES string of the molecule is NOCCCc1ccco1. The van der Waals surface area contributed by atoms with Gasteiger partial charge in [0.1, 0.15) is 5.76 Å². The third kappa shape index (κ3) is 2.21. The van der Waals surface area contributed by atoms with Crippen LogP contribution in [0.4, 0.5) is 0 Å². The summed E-state index contributed by atoms with van der Waals surface area (Å²) in [4.78, 5) is 4.40. The molecule has 0 amide bonds. The number of furan rings is 1. The number of hydrogen-bond acceptors (Lipinski definition) is 3. The van der Waals surface area contributed by atoms with Crippen LogP contribution < -0.4 is 5.90 Å². The van der Waals surface area contributed by atoms with Crippen molar-refractivity contribution in [1.82, 2.24) is 0 Å². The first kappa shape index (κ1) is 7.31. The van der Waals surface area contributed by atoms with E-state index in [0.29, 0.717) is 6.61 Å². The molecule has 0 aliphatic heterocycles. The van der Waals surface area contributed by atoms with E-state index in [1.807, 2.05) is 12.1 Å². The first-order valence-corrected chi connectivity index (χ1v) is 3.27. The van der Waals surface area contributed by atoms with Gasteiger partial charge in [-0.25, -0.2) is 5.90 Å². The number of hydrogen-bond donors (Lipinski definition) is 1. The van der Waals surface area contributed by atoms with Gasteiger partial charge in [-0.2, -0.15) is 0 Å². The summed E-state index contributed by atoms with van der Waals surface area (Å²) in [6.45, 7) is 0.584. The molecule has 0 bridgehead atoms. The molecule has 3 heteroatoms. The van der Waals surface area contributed by atoms with E-state index < -0.39 is 0 Å². The predicted octanol–water partition coefficient (Wildman–Crippen LogP) is 1.10. The van der Waals surface area contributed by atoms with Gasteiger partial charge in [0.05, 0.1) is 12.9 Å². The van der Waals surface area contributed by atoms with E-state index in [2.05, 4.69) is 4.84 Å². The Bertz CT molecular complexity index is 160. The molecule has 0 atom stereocenters. The third-order valence-corrected chi connectivity index (χ3v) is 1.27. The minimum atomic E-state index is 0.584. The van der Waals surface area contributed by atoms with Crippen LogP contribution in [0.3, 0.4) is 0 Å². The maximum atomic E-state index is 5.08. The monoisotopic (exact) mass is 141 g/mol. The largest absolute Gasteiger partial charge is 0.469 e. The van der Waals surface area contributed by atoms with Gasteiger partial charge in [0.15, 0.2) is 0 Å². The van der Waals surface area contributed by atoms with Crippen LogP contribution in [0, 0.1) is 0 Å². The van der Waals surface area contributed by atoms with Crippen molar-refractivity contribution < 1.29 is 9.25 Å². The smallest absolute Gasteiger partial charge is 0.103 e. The molecule has 0 saturated carbocycles. The van der Waals surface area contributed by atoms with Gasteiger partial charge >= 0.3 is 0 Å². The van der Waals surface area contributed by atoms with E-state index in [4.69, 9.17) is 10.3 Å². The van der Waals surface area contributed by atoms with E-state index in [1.165, 1.54) is 0 Å². The molecule has 0 fully saturated rings. The van der Waals surface area contributed by atoms with Crippen LogP contribution in [0.5, 0.6) is 0 Å². The third-order valence-electron chi connectivity index (χ3n) is 1.27. The molecule has 0 aliphatic carbocycles. The van der Waals surface area contributed by atoms with Crippen LogP contribution >= 0.6 is 0 Å². The normalized spacial score (nSPS) is 10.1. The molecule has 56 valence electrons. The highest BCUT2D eigenvalue weighted by Gasteiger charge is 1.93. The van der Waals surface area contributed by atoms with Crippen molar-refractivity contribution in [1.29, 1.82) is 0 Å².